The lowest BCUT2D eigenvalue weighted by atomic mass is 10.1. The number of ketones is 1. The summed E-state index contributed by atoms with van der Waals surface area (Å²) in [5.41, 5.74) is 2.61. The van der Waals surface area contributed by atoms with E-state index < -0.39 is 0 Å². The highest BCUT2D eigenvalue weighted by Gasteiger charge is 2.06. The molecule has 0 unspecified atom stereocenters. The molecule has 4 heteroatoms. The molecule has 2 aromatic carbocycles. The fourth-order valence-electron chi connectivity index (χ4n) is 2.44. The van der Waals surface area contributed by atoms with Crippen LogP contribution in [0.5, 0.6) is 5.75 Å². The van der Waals surface area contributed by atoms with Gasteiger partial charge in [0.2, 0.25) is 0 Å². The second kappa shape index (κ2) is 7.90. The van der Waals surface area contributed by atoms with E-state index in [1.807, 2.05) is 42.7 Å². The molecule has 0 bridgehead atoms. The number of rotatable bonds is 5. The molecule has 0 saturated heterocycles. The van der Waals surface area contributed by atoms with Gasteiger partial charge in [-0.2, -0.15) is 0 Å². The Balaban J connectivity index is 1.68. The summed E-state index contributed by atoms with van der Waals surface area (Å²) in [4.78, 5) is 12.1. The maximum absolute atomic E-state index is 12.1. The summed E-state index contributed by atoms with van der Waals surface area (Å²) in [7, 11) is 0. The summed E-state index contributed by atoms with van der Waals surface area (Å²) >= 11 is 3.56. The molecule has 0 aliphatic heterocycles. The zero-order chi connectivity index (χ0) is 17.6. The van der Waals surface area contributed by atoms with Crippen molar-refractivity contribution in [2.24, 2.45) is 0 Å². The van der Waals surface area contributed by atoms with E-state index in [0.29, 0.717) is 5.56 Å². The van der Waals surface area contributed by atoms with Crippen LogP contribution >= 0.6 is 15.9 Å². The fourth-order valence-corrected chi connectivity index (χ4v) is 2.85. The number of allylic oxidation sites excluding steroid dienone is 1. The van der Waals surface area contributed by atoms with Crippen LogP contribution < -0.4 is 4.57 Å². The number of hydrogen-bond donors (Lipinski definition) is 1. The van der Waals surface area contributed by atoms with Crippen molar-refractivity contribution in [1.82, 2.24) is 0 Å². The van der Waals surface area contributed by atoms with Crippen molar-refractivity contribution in [2.45, 2.75) is 6.54 Å². The quantitative estimate of drug-likeness (QED) is 0.396. The lowest BCUT2D eigenvalue weighted by molar-refractivity contribution is -0.688. The summed E-state index contributed by atoms with van der Waals surface area (Å²) in [6, 6.07) is 18.4. The van der Waals surface area contributed by atoms with Gasteiger partial charge in [0.25, 0.3) is 0 Å². The van der Waals surface area contributed by atoms with E-state index in [2.05, 4.69) is 26.6 Å². The molecule has 0 spiro atoms. The molecule has 0 radical (unpaired) electrons. The first-order valence-electron chi connectivity index (χ1n) is 7.86. The van der Waals surface area contributed by atoms with Crippen LogP contribution in [0.15, 0.2) is 83.6 Å². The van der Waals surface area contributed by atoms with Crippen molar-refractivity contribution in [2.75, 3.05) is 0 Å². The minimum Gasteiger partial charge on any atom is -0.508 e. The van der Waals surface area contributed by atoms with Crippen LogP contribution in [0.3, 0.4) is 0 Å². The maximum Gasteiger partial charge on any atom is 0.185 e. The Morgan fingerprint density at radius 1 is 1.04 bits per heavy atom. The third-order valence-corrected chi connectivity index (χ3v) is 4.56. The van der Waals surface area contributed by atoms with Crippen LogP contribution in [0, 0.1) is 0 Å². The molecule has 0 fully saturated rings. The zero-order valence-corrected chi connectivity index (χ0v) is 15.1. The molecular weight excluding hydrogens is 378 g/mol. The van der Waals surface area contributed by atoms with Gasteiger partial charge >= 0.3 is 0 Å². The first-order chi connectivity index (χ1) is 12.1. The van der Waals surface area contributed by atoms with Crippen molar-refractivity contribution in [1.29, 1.82) is 0 Å². The summed E-state index contributed by atoms with van der Waals surface area (Å²) in [6.07, 6.45) is 7.26. The highest BCUT2D eigenvalue weighted by atomic mass is 79.9. The topological polar surface area (TPSA) is 41.2 Å². The summed E-state index contributed by atoms with van der Waals surface area (Å²) in [6.45, 7) is 0.771. The second-order valence-corrected chi connectivity index (χ2v) is 6.50. The molecule has 0 atom stereocenters. The molecule has 25 heavy (non-hydrogen) atoms. The van der Waals surface area contributed by atoms with E-state index in [9.17, 15) is 9.90 Å². The first-order valence-corrected chi connectivity index (χ1v) is 8.65. The molecule has 0 aliphatic carbocycles. The Hall–Kier alpha value is -2.72. The van der Waals surface area contributed by atoms with Gasteiger partial charge in [0.05, 0.1) is 0 Å². The van der Waals surface area contributed by atoms with E-state index in [-0.39, 0.29) is 11.5 Å². The Kier molecular flexibility index (Phi) is 5.41. The fraction of sp³-hybridized carbons (Fsp3) is 0.0476. The Labute approximate surface area is 155 Å². The van der Waals surface area contributed by atoms with Crippen LogP contribution in [0.1, 0.15) is 21.5 Å². The van der Waals surface area contributed by atoms with Gasteiger partial charge in [0.1, 0.15) is 5.75 Å². The van der Waals surface area contributed by atoms with Gasteiger partial charge in [-0.3, -0.25) is 4.79 Å². The number of benzene rings is 2. The number of aromatic hydroxyl groups is 1. The summed E-state index contributed by atoms with van der Waals surface area (Å²) in [5.74, 6) is -0.0482. The number of pyridine rings is 1. The summed E-state index contributed by atoms with van der Waals surface area (Å²) in [5, 5.41) is 9.44. The highest BCUT2D eigenvalue weighted by Crippen LogP contribution is 2.15. The van der Waals surface area contributed by atoms with E-state index in [4.69, 9.17) is 0 Å². The average molecular weight is 395 g/mol. The van der Waals surface area contributed by atoms with Crippen molar-refractivity contribution in [3.8, 4) is 5.75 Å². The number of carbonyl (C=O) groups is 1. The number of phenols is 1. The van der Waals surface area contributed by atoms with Gasteiger partial charge in [-0.1, -0.05) is 52.3 Å². The number of nitrogens with zero attached hydrogens (tertiary/aromatic N) is 1. The Bertz CT molecular complexity index is 917. The number of aromatic nitrogens is 1. The predicted molar refractivity (Wildman–Crippen MR) is 101 cm³/mol. The molecule has 3 nitrogen and oxygen atoms in total. The van der Waals surface area contributed by atoms with Gasteiger partial charge in [0, 0.05) is 27.7 Å². The number of phenolic OH excluding ortho intramolecular Hbond substituents is 1. The SMILES string of the molecule is O=C(/C=C/c1cc[n+](Cc2ccccc2Br)cc1)c1cccc(O)c1. The Morgan fingerprint density at radius 2 is 1.80 bits per heavy atom. The molecule has 3 rings (SSSR count). The number of hydrogen-bond acceptors (Lipinski definition) is 2. The van der Waals surface area contributed by atoms with E-state index in [1.165, 1.54) is 17.7 Å². The molecule has 1 aromatic heterocycles. The van der Waals surface area contributed by atoms with Gasteiger partial charge in [0.15, 0.2) is 24.7 Å². The van der Waals surface area contributed by atoms with Gasteiger partial charge in [-0.25, -0.2) is 4.57 Å². The second-order valence-electron chi connectivity index (χ2n) is 5.64. The Morgan fingerprint density at radius 3 is 2.52 bits per heavy atom. The summed E-state index contributed by atoms with van der Waals surface area (Å²) < 4.78 is 3.16. The van der Waals surface area contributed by atoms with Gasteiger partial charge < -0.3 is 5.11 Å². The van der Waals surface area contributed by atoms with Crippen LogP contribution in [0.25, 0.3) is 6.08 Å². The van der Waals surface area contributed by atoms with Crippen LogP contribution in [-0.2, 0) is 6.54 Å². The van der Waals surface area contributed by atoms with Crippen LogP contribution in [0.2, 0.25) is 0 Å². The van der Waals surface area contributed by atoms with E-state index in [0.717, 1.165) is 16.6 Å². The lowest BCUT2D eigenvalue weighted by Crippen LogP contribution is -2.33. The monoisotopic (exact) mass is 394 g/mol. The average Bonchev–Trinajstić information content (AvgIpc) is 2.63. The predicted octanol–water partition coefficient (Wildman–Crippen LogP) is 4.39. The van der Waals surface area contributed by atoms with Crippen molar-refractivity contribution in [3.63, 3.8) is 0 Å². The normalized spacial score (nSPS) is 10.9. The largest absolute Gasteiger partial charge is 0.508 e. The van der Waals surface area contributed by atoms with Crippen LogP contribution in [0.4, 0.5) is 0 Å². The van der Waals surface area contributed by atoms with Gasteiger partial charge in [-0.05, 0) is 29.8 Å². The standard InChI is InChI=1S/C21H16BrNO2/c22-20-7-2-1-4-18(20)15-23-12-10-16(11-13-23)8-9-21(25)17-5-3-6-19(24)14-17/h1-14H,15H2/p+1/b9-8+. The van der Waals surface area contributed by atoms with Crippen molar-refractivity contribution < 1.29 is 14.5 Å². The molecule has 124 valence electrons. The lowest BCUT2D eigenvalue weighted by Gasteiger charge is -2.01. The molecule has 0 aliphatic rings. The zero-order valence-electron chi connectivity index (χ0n) is 13.5. The van der Waals surface area contributed by atoms with E-state index in [1.54, 1.807) is 24.3 Å². The van der Waals surface area contributed by atoms with E-state index >= 15 is 0 Å². The number of carbonyl (C=O) groups excluding carboxylic acids is 1. The molecule has 0 saturated carbocycles. The third kappa shape index (κ3) is 4.64. The minimum absolute atomic E-state index is 0.0899. The molecule has 1 N–H and O–H groups in total. The molecule has 3 aromatic rings. The highest BCUT2D eigenvalue weighted by molar-refractivity contribution is 9.10. The smallest absolute Gasteiger partial charge is 0.185 e. The maximum atomic E-state index is 12.1. The van der Waals surface area contributed by atoms with Crippen LogP contribution in [-0.4, -0.2) is 10.9 Å². The van der Waals surface area contributed by atoms with Crippen molar-refractivity contribution in [3.05, 3.63) is 100 Å². The minimum atomic E-state index is -0.138. The number of halogens is 1. The third-order valence-electron chi connectivity index (χ3n) is 3.79. The first kappa shape index (κ1) is 17.1. The molecule has 1 heterocycles. The molecule has 0 amide bonds. The van der Waals surface area contributed by atoms with Crippen molar-refractivity contribution >= 4 is 27.8 Å². The van der Waals surface area contributed by atoms with Gasteiger partial charge in [-0.15, -0.1) is 0 Å². The molecular formula is C21H17BrNO2+.